The minimum atomic E-state index is -0.933. The van der Waals surface area contributed by atoms with Gasteiger partial charge in [-0.15, -0.1) is 0 Å². The van der Waals surface area contributed by atoms with E-state index in [0.29, 0.717) is 56.8 Å². The summed E-state index contributed by atoms with van der Waals surface area (Å²) in [5.74, 6) is -0.289. The van der Waals surface area contributed by atoms with Crippen LogP contribution in [0, 0.1) is 12.7 Å². The summed E-state index contributed by atoms with van der Waals surface area (Å²) in [4.78, 5) is 41.1. The fraction of sp³-hybridized carbons (Fsp3) is 0.632. The zero-order chi connectivity index (χ0) is 37.0. The number of aryl methyl sites for hydroxylation is 1. The third-order valence-corrected chi connectivity index (χ3v) is 10.2. The van der Waals surface area contributed by atoms with Gasteiger partial charge in [0.15, 0.2) is 12.6 Å². The number of nitrogens with zero attached hydrogens (tertiary/aromatic N) is 4. The Bertz CT molecular complexity index is 1800. The number of H-pyrrole nitrogens is 1. The first-order chi connectivity index (χ1) is 24.9. The second-order valence-electron chi connectivity index (χ2n) is 15.3. The van der Waals surface area contributed by atoms with Crippen molar-refractivity contribution in [2.24, 2.45) is 0 Å². The van der Waals surface area contributed by atoms with Gasteiger partial charge < -0.3 is 28.6 Å². The number of alkyl halides is 1. The van der Waals surface area contributed by atoms with E-state index in [2.05, 4.69) is 19.9 Å². The van der Waals surface area contributed by atoms with Crippen molar-refractivity contribution >= 4 is 17.0 Å². The molecule has 5 heterocycles. The quantitative estimate of drug-likeness (QED) is 0.173. The minimum absolute atomic E-state index is 0.00109. The highest BCUT2D eigenvalue weighted by atomic mass is 19.1. The summed E-state index contributed by atoms with van der Waals surface area (Å²) in [6.07, 6.45) is 5.85. The Morgan fingerprint density at radius 3 is 2.75 bits per heavy atom. The number of hydrogen-bond acceptors (Lipinski definition) is 10. The van der Waals surface area contributed by atoms with Gasteiger partial charge in [-0.3, -0.25) is 19.7 Å². The largest absolute Gasteiger partial charge is 0.468 e. The standard InChI is InChI=1S/C38H51F2N5O7/c1-24-16-27(51-23-48-5)17-29(28(24)11-8-15-49-26-10-6-7-13-44(21-26)36(47)52-37(2,3)4)32-31(40)33-30(19-41-32)34(46)43-35(42-33)50-22-38-12-9-14-45(38)20-25(39)18-38/h16-17,19,25-26H,6-15,18,20-23H2,1-5H3,(H,42,43,46)/t25-,26?,38+/m1/s1. The highest BCUT2D eigenvalue weighted by Crippen LogP contribution is 2.40. The van der Waals surface area contributed by atoms with E-state index < -0.39 is 28.7 Å². The van der Waals surface area contributed by atoms with Crippen LogP contribution in [-0.2, 0) is 20.6 Å². The molecule has 1 N–H and O–H groups in total. The number of aromatic amines is 1. The van der Waals surface area contributed by atoms with E-state index in [1.807, 2.05) is 33.8 Å². The van der Waals surface area contributed by atoms with Crippen LogP contribution >= 0.6 is 0 Å². The summed E-state index contributed by atoms with van der Waals surface area (Å²) in [6, 6.07) is 3.47. The lowest BCUT2D eigenvalue weighted by atomic mass is 9.94. The van der Waals surface area contributed by atoms with Gasteiger partial charge in [0.05, 0.1) is 23.6 Å². The fourth-order valence-corrected chi connectivity index (χ4v) is 7.72. The molecule has 1 amide bonds. The lowest BCUT2D eigenvalue weighted by Crippen LogP contribution is -2.43. The molecule has 52 heavy (non-hydrogen) atoms. The lowest BCUT2D eigenvalue weighted by Gasteiger charge is -2.30. The molecule has 12 nitrogen and oxygen atoms in total. The molecule has 284 valence electrons. The first-order valence-electron chi connectivity index (χ1n) is 18.3. The molecule has 0 bridgehead atoms. The second-order valence-corrected chi connectivity index (χ2v) is 15.3. The summed E-state index contributed by atoms with van der Waals surface area (Å²) >= 11 is 0. The Hall–Kier alpha value is -3.88. The third-order valence-electron chi connectivity index (χ3n) is 10.2. The van der Waals surface area contributed by atoms with Crippen LogP contribution in [0.4, 0.5) is 13.6 Å². The van der Waals surface area contributed by atoms with Crippen LogP contribution in [0.2, 0.25) is 0 Å². The molecule has 0 radical (unpaired) electrons. The summed E-state index contributed by atoms with van der Waals surface area (Å²) < 4.78 is 59.6. The van der Waals surface area contributed by atoms with E-state index in [4.69, 9.17) is 23.7 Å². The molecule has 0 aliphatic carbocycles. The predicted molar refractivity (Wildman–Crippen MR) is 191 cm³/mol. The topological polar surface area (TPSA) is 128 Å². The van der Waals surface area contributed by atoms with Crippen molar-refractivity contribution < 1.29 is 37.3 Å². The van der Waals surface area contributed by atoms with E-state index in [1.54, 1.807) is 11.0 Å². The molecule has 3 atom stereocenters. The van der Waals surface area contributed by atoms with Crippen molar-refractivity contribution in [1.29, 1.82) is 0 Å². The zero-order valence-electron chi connectivity index (χ0n) is 30.9. The molecule has 1 aromatic carbocycles. The Kier molecular flexibility index (Phi) is 11.7. The monoisotopic (exact) mass is 727 g/mol. The smallest absolute Gasteiger partial charge is 0.410 e. The number of methoxy groups -OCH3 is 1. The molecule has 14 heteroatoms. The van der Waals surface area contributed by atoms with E-state index in [0.717, 1.165) is 49.8 Å². The molecular formula is C38H51F2N5O7. The highest BCUT2D eigenvalue weighted by molar-refractivity contribution is 5.83. The van der Waals surface area contributed by atoms with E-state index in [9.17, 15) is 14.0 Å². The lowest BCUT2D eigenvalue weighted by molar-refractivity contribution is 0.000756. The second kappa shape index (κ2) is 16.0. The van der Waals surface area contributed by atoms with Gasteiger partial charge in [0, 0.05) is 45.0 Å². The van der Waals surface area contributed by atoms with E-state index >= 15 is 4.39 Å². The summed E-state index contributed by atoms with van der Waals surface area (Å²) in [5, 5.41) is -0.0127. The van der Waals surface area contributed by atoms with Crippen LogP contribution in [0.25, 0.3) is 22.2 Å². The Balaban J connectivity index is 1.21. The Morgan fingerprint density at radius 1 is 1.13 bits per heavy atom. The molecule has 0 saturated carbocycles. The van der Waals surface area contributed by atoms with Crippen molar-refractivity contribution in [3.8, 4) is 23.0 Å². The number of likely N-dealkylation sites (tertiary alicyclic amines) is 1. The van der Waals surface area contributed by atoms with Crippen LogP contribution in [0.15, 0.2) is 23.1 Å². The molecule has 6 rings (SSSR count). The van der Waals surface area contributed by atoms with E-state index in [-0.39, 0.29) is 48.2 Å². The first kappa shape index (κ1) is 37.9. The normalized spacial score (nSPS) is 22.4. The molecule has 0 spiro atoms. The zero-order valence-corrected chi connectivity index (χ0v) is 30.9. The third kappa shape index (κ3) is 8.66. The van der Waals surface area contributed by atoms with Crippen molar-refractivity contribution in [2.45, 2.75) is 102 Å². The van der Waals surface area contributed by atoms with Gasteiger partial charge in [-0.1, -0.05) is 0 Å². The van der Waals surface area contributed by atoms with Crippen LogP contribution in [0.5, 0.6) is 11.8 Å². The summed E-state index contributed by atoms with van der Waals surface area (Å²) in [5.41, 5.74) is 0.449. The van der Waals surface area contributed by atoms with Gasteiger partial charge in [-0.2, -0.15) is 4.98 Å². The maximum Gasteiger partial charge on any atom is 0.410 e. The number of halogens is 2. The Morgan fingerprint density at radius 2 is 1.96 bits per heavy atom. The van der Waals surface area contributed by atoms with Gasteiger partial charge in [0.2, 0.25) is 0 Å². The average Bonchev–Trinajstić information content (AvgIpc) is 3.50. The summed E-state index contributed by atoms with van der Waals surface area (Å²) in [7, 11) is 1.52. The molecule has 2 aromatic heterocycles. The minimum Gasteiger partial charge on any atom is -0.468 e. The number of aromatic nitrogens is 3. The molecule has 3 fully saturated rings. The molecule has 3 aromatic rings. The number of carbonyl (C=O) groups excluding carboxylic acids is 1. The average molecular weight is 728 g/mol. The molecular weight excluding hydrogens is 676 g/mol. The molecule has 1 unspecified atom stereocenters. The number of pyridine rings is 1. The summed E-state index contributed by atoms with van der Waals surface area (Å²) in [6.45, 7) is 10.3. The Labute approximate surface area is 303 Å². The SMILES string of the molecule is COCOc1cc(C)c(CCCOC2CCCCN(C(=O)OC(C)(C)C)C2)c(-c2ncc3c(=O)[nH]c(OC[C@@]45CCCN4C[C@H](F)C5)nc3c2F)c1. The number of carbonyl (C=O) groups is 1. The number of rotatable bonds is 12. The van der Waals surface area contributed by atoms with Gasteiger partial charge >= 0.3 is 6.09 Å². The maximum absolute atomic E-state index is 16.6. The number of benzene rings is 1. The fourth-order valence-electron chi connectivity index (χ4n) is 7.72. The van der Waals surface area contributed by atoms with Gasteiger partial charge in [-0.05, 0) is 102 Å². The van der Waals surface area contributed by atoms with E-state index in [1.165, 1.54) is 13.3 Å². The van der Waals surface area contributed by atoms with Gasteiger partial charge in [-0.25, -0.2) is 13.6 Å². The van der Waals surface area contributed by atoms with Gasteiger partial charge in [0.25, 0.3) is 11.6 Å². The van der Waals surface area contributed by atoms with Crippen LogP contribution in [0.1, 0.15) is 76.8 Å². The molecule has 3 saturated heterocycles. The van der Waals surface area contributed by atoms with Gasteiger partial charge in [0.1, 0.15) is 35.3 Å². The predicted octanol–water partition coefficient (Wildman–Crippen LogP) is 6.11. The molecule has 3 aliphatic rings. The maximum atomic E-state index is 16.6. The van der Waals surface area contributed by atoms with Crippen LogP contribution in [-0.4, -0.2) is 108 Å². The van der Waals surface area contributed by atoms with Crippen molar-refractivity contribution in [3.63, 3.8) is 0 Å². The van der Waals surface area contributed by atoms with Crippen molar-refractivity contribution in [2.75, 3.05) is 53.3 Å². The van der Waals surface area contributed by atoms with Crippen LogP contribution in [0.3, 0.4) is 0 Å². The van der Waals surface area contributed by atoms with Crippen molar-refractivity contribution in [1.82, 2.24) is 24.8 Å². The van der Waals surface area contributed by atoms with Crippen LogP contribution < -0.4 is 15.0 Å². The number of hydrogen-bond donors (Lipinski definition) is 1. The number of fused-ring (bicyclic) bond motifs is 2. The number of nitrogens with one attached hydrogen (secondary N) is 1. The molecule has 3 aliphatic heterocycles. The highest BCUT2D eigenvalue weighted by Gasteiger charge is 2.49. The number of ether oxygens (including phenoxy) is 5. The number of amides is 1. The first-order valence-corrected chi connectivity index (χ1v) is 18.3. The van der Waals surface area contributed by atoms with Crippen molar-refractivity contribution in [3.05, 3.63) is 45.6 Å².